The van der Waals surface area contributed by atoms with Crippen LogP contribution in [0.15, 0.2) is 49.3 Å². The van der Waals surface area contributed by atoms with Gasteiger partial charge < -0.3 is 10.4 Å². The van der Waals surface area contributed by atoms with Gasteiger partial charge in [0.1, 0.15) is 5.82 Å². The van der Waals surface area contributed by atoms with Crippen LogP contribution in [0.1, 0.15) is 16.1 Å². The van der Waals surface area contributed by atoms with Crippen LogP contribution >= 0.6 is 0 Å². The molecule has 5 heteroatoms. The summed E-state index contributed by atoms with van der Waals surface area (Å²) in [5.74, 6) is -0.574. The minimum atomic E-state index is -1.09. The number of nitrogens with one attached hydrogen (secondary N) is 1. The number of hydrogen-bond donors (Lipinski definition) is 2. The largest absolute Gasteiger partial charge is 0.476 e. The molecule has 2 rings (SSSR count). The molecule has 0 saturated heterocycles. The lowest BCUT2D eigenvalue weighted by atomic mass is 10.1. The number of aromatic nitrogens is 2. The van der Waals surface area contributed by atoms with Gasteiger partial charge in [-0.05, 0) is 11.1 Å². The van der Waals surface area contributed by atoms with Gasteiger partial charge in [-0.3, -0.25) is 0 Å². The van der Waals surface area contributed by atoms with Gasteiger partial charge in [0, 0.05) is 6.54 Å². The number of aromatic carboxylic acids is 1. The van der Waals surface area contributed by atoms with Crippen LogP contribution in [0.25, 0.3) is 5.57 Å². The minimum Gasteiger partial charge on any atom is -0.476 e. The third-order valence-electron chi connectivity index (χ3n) is 2.54. The van der Waals surface area contributed by atoms with Gasteiger partial charge in [0.15, 0.2) is 5.69 Å². The molecule has 0 unspecified atom stereocenters. The van der Waals surface area contributed by atoms with Crippen LogP contribution in [-0.4, -0.2) is 27.6 Å². The molecule has 0 fully saturated rings. The molecule has 0 saturated carbocycles. The maximum atomic E-state index is 10.6. The Morgan fingerprint density at radius 3 is 2.53 bits per heavy atom. The Labute approximate surface area is 110 Å². The third-order valence-corrected chi connectivity index (χ3v) is 2.54. The van der Waals surface area contributed by atoms with E-state index in [4.69, 9.17) is 5.11 Å². The standard InChI is InChI=1S/C14H13N3O2/c1-10(11-5-3-2-4-6-11)7-16-13-9-15-12(8-17-13)14(18)19/h2-6,8-9H,1,7H2,(H,16,17)(H,18,19). The lowest BCUT2D eigenvalue weighted by Crippen LogP contribution is -2.07. The highest BCUT2D eigenvalue weighted by molar-refractivity contribution is 5.84. The van der Waals surface area contributed by atoms with Gasteiger partial charge >= 0.3 is 5.97 Å². The van der Waals surface area contributed by atoms with Gasteiger partial charge in [0.05, 0.1) is 12.4 Å². The van der Waals surface area contributed by atoms with E-state index in [0.29, 0.717) is 12.4 Å². The lowest BCUT2D eigenvalue weighted by Gasteiger charge is -2.08. The Bertz CT molecular complexity index is 579. The summed E-state index contributed by atoms with van der Waals surface area (Å²) in [7, 11) is 0. The van der Waals surface area contributed by atoms with Gasteiger partial charge in [-0.15, -0.1) is 0 Å². The molecule has 0 radical (unpaired) electrons. The summed E-state index contributed by atoms with van der Waals surface area (Å²) < 4.78 is 0. The fourth-order valence-corrected chi connectivity index (χ4v) is 1.50. The average molecular weight is 255 g/mol. The highest BCUT2D eigenvalue weighted by atomic mass is 16.4. The van der Waals surface area contributed by atoms with Crippen LogP contribution in [0, 0.1) is 0 Å². The molecule has 0 amide bonds. The van der Waals surface area contributed by atoms with Crippen molar-refractivity contribution < 1.29 is 9.90 Å². The predicted octanol–water partition coefficient (Wildman–Crippen LogP) is 2.30. The molecular formula is C14H13N3O2. The highest BCUT2D eigenvalue weighted by Crippen LogP contribution is 2.12. The summed E-state index contributed by atoms with van der Waals surface area (Å²) >= 11 is 0. The molecule has 1 heterocycles. The molecule has 2 N–H and O–H groups in total. The average Bonchev–Trinajstić information content (AvgIpc) is 2.46. The van der Waals surface area contributed by atoms with E-state index in [2.05, 4.69) is 21.9 Å². The number of nitrogens with zero attached hydrogens (tertiary/aromatic N) is 2. The zero-order chi connectivity index (χ0) is 13.7. The molecule has 0 atom stereocenters. The molecular weight excluding hydrogens is 242 g/mol. The molecule has 1 aromatic heterocycles. The molecule has 0 aliphatic rings. The molecule has 0 aliphatic heterocycles. The summed E-state index contributed by atoms with van der Waals surface area (Å²) in [6, 6.07) is 9.79. The monoisotopic (exact) mass is 255 g/mol. The van der Waals surface area contributed by atoms with Gasteiger partial charge in [0.2, 0.25) is 0 Å². The maximum Gasteiger partial charge on any atom is 0.356 e. The van der Waals surface area contributed by atoms with Crippen molar-refractivity contribution in [1.82, 2.24) is 9.97 Å². The number of benzene rings is 1. The number of carboxylic acids is 1. The van der Waals surface area contributed by atoms with Crippen LogP contribution in [0.2, 0.25) is 0 Å². The van der Waals surface area contributed by atoms with Crippen LogP contribution in [0.4, 0.5) is 5.82 Å². The first-order valence-electron chi connectivity index (χ1n) is 5.69. The number of hydrogen-bond acceptors (Lipinski definition) is 4. The first-order valence-corrected chi connectivity index (χ1v) is 5.69. The molecule has 5 nitrogen and oxygen atoms in total. The second kappa shape index (κ2) is 5.77. The van der Waals surface area contributed by atoms with E-state index in [1.807, 2.05) is 30.3 Å². The summed E-state index contributed by atoms with van der Waals surface area (Å²) in [6.45, 7) is 4.50. The number of anilines is 1. The van der Waals surface area contributed by atoms with Gasteiger partial charge in [-0.25, -0.2) is 14.8 Å². The Morgan fingerprint density at radius 2 is 1.95 bits per heavy atom. The molecule has 2 aromatic rings. The number of carbonyl (C=O) groups is 1. The molecule has 0 aliphatic carbocycles. The van der Waals surface area contributed by atoms with Crippen molar-refractivity contribution in [3.05, 3.63) is 60.6 Å². The Balaban J connectivity index is 1.95. The van der Waals surface area contributed by atoms with Crippen molar-refractivity contribution in [2.45, 2.75) is 0 Å². The Morgan fingerprint density at radius 1 is 1.21 bits per heavy atom. The van der Waals surface area contributed by atoms with E-state index in [0.717, 1.165) is 11.1 Å². The molecule has 19 heavy (non-hydrogen) atoms. The highest BCUT2D eigenvalue weighted by Gasteiger charge is 2.05. The van der Waals surface area contributed by atoms with Gasteiger partial charge in [-0.2, -0.15) is 0 Å². The predicted molar refractivity (Wildman–Crippen MR) is 73.0 cm³/mol. The molecule has 96 valence electrons. The van der Waals surface area contributed by atoms with Crippen molar-refractivity contribution in [1.29, 1.82) is 0 Å². The van der Waals surface area contributed by atoms with E-state index in [9.17, 15) is 4.79 Å². The van der Waals surface area contributed by atoms with Gasteiger partial charge in [0.25, 0.3) is 0 Å². The smallest absolute Gasteiger partial charge is 0.356 e. The molecule has 0 bridgehead atoms. The van der Waals surface area contributed by atoms with Crippen molar-refractivity contribution >= 4 is 17.4 Å². The summed E-state index contributed by atoms with van der Waals surface area (Å²) in [4.78, 5) is 18.4. The van der Waals surface area contributed by atoms with Crippen molar-refractivity contribution in [3.8, 4) is 0 Å². The maximum absolute atomic E-state index is 10.6. The van der Waals surface area contributed by atoms with Crippen LogP contribution in [0.5, 0.6) is 0 Å². The minimum absolute atomic E-state index is 0.0764. The second-order valence-corrected chi connectivity index (χ2v) is 3.92. The quantitative estimate of drug-likeness (QED) is 0.857. The first kappa shape index (κ1) is 12.8. The van der Waals surface area contributed by atoms with E-state index in [1.54, 1.807) is 0 Å². The van der Waals surface area contributed by atoms with Crippen LogP contribution in [0.3, 0.4) is 0 Å². The molecule has 1 aromatic carbocycles. The fourth-order valence-electron chi connectivity index (χ4n) is 1.50. The van der Waals surface area contributed by atoms with E-state index in [1.165, 1.54) is 12.4 Å². The first-order chi connectivity index (χ1) is 9.16. The van der Waals surface area contributed by atoms with Gasteiger partial charge in [-0.1, -0.05) is 36.9 Å². The third kappa shape index (κ3) is 3.38. The number of carboxylic acid groups (broad SMARTS) is 1. The summed E-state index contributed by atoms with van der Waals surface area (Å²) in [5.41, 5.74) is 1.89. The second-order valence-electron chi connectivity index (χ2n) is 3.92. The van der Waals surface area contributed by atoms with Crippen molar-refractivity contribution in [3.63, 3.8) is 0 Å². The zero-order valence-electron chi connectivity index (χ0n) is 10.2. The van der Waals surface area contributed by atoms with Crippen molar-refractivity contribution in [2.75, 3.05) is 11.9 Å². The molecule has 0 spiro atoms. The topological polar surface area (TPSA) is 75.1 Å². The van der Waals surface area contributed by atoms with Crippen LogP contribution in [-0.2, 0) is 0 Å². The zero-order valence-corrected chi connectivity index (χ0v) is 10.2. The Hall–Kier alpha value is -2.69. The summed E-state index contributed by atoms with van der Waals surface area (Å²) in [5, 5.41) is 11.7. The SMILES string of the molecule is C=C(CNc1cnc(C(=O)O)cn1)c1ccccc1. The lowest BCUT2D eigenvalue weighted by molar-refractivity contribution is 0.0690. The van der Waals surface area contributed by atoms with Crippen LogP contribution < -0.4 is 5.32 Å². The van der Waals surface area contributed by atoms with Crippen molar-refractivity contribution in [2.24, 2.45) is 0 Å². The number of rotatable bonds is 5. The van der Waals surface area contributed by atoms with E-state index < -0.39 is 5.97 Å². The summed E-state index contributed by atoms with van der Waals surface area (Å²) in [6.07, 6.45) is 2.61. The van der Waals surface area contributed by atoms with E-state index in [-0.39, 0.29) is 5.69 Å². The van der Waals surface area contributed by atoms with E-state index >= 15 is 0 Å². The Kier molecular flexibility index (Phi) is 3.87. The normalized spacial score (nSPS) is 9.89. The fraction of sp³-hybridized carbons (Fsp3) is 0.0714.